The van der Waals surface area contributed by atoms with E-state index in [1.165, 1.54) is 0 Å². The zero-order valence-electron chi connectivity index (χ0n) is 22.6. The zero-order valence-corrected chi connectivity index (χ0v) is 22.6. The van der Waals surface area contributed by atoms with Crippen molar-refractivity contribution < 1.29 is 14.3 Å². The normalized spacial score (nSPS) is 12.8. The molecule has 0 saturated heterocycles. The minimum absolute atomic E-state index is 0.0588. The molecule has 6 heterocycles. The maximum absolute atomic E-state index is 12.5. The third kappa shape index (κ3) is 4.71. The monoisotopic (exact) mass is 546 g/mol. The van der Waals surface area contributed by atoms with Crippen molar-refractivity contribution in [1.29, 1.82) is 0 Å². The van der Waals surface area contributed by atoms with E-state index in [4.69, 9.17) is 19.4 Å². The van der Waals surface area contributed by atoms with Crippen LogP contribution in [-0.2, 0) is 4.79 Å². The van der Waals surface area contributed by atoms with Crippen LogP contribution in [0.1, 0.15) is 27.2 Å². The molecule has 0 unspecified atom stereocenters. The van der Waals surface area contributed by atoms with Gasteiger partial charge in [-0.15, -0.1) is 0 Å². The molecule has 204 valence electrons. The topological polar surface area (TPSA) is 144 Å². The summed E-state index contributed by atoms with van der Waals surface area (Å²) in [5.41, 5.74) is 7.07. The van der Waals surface area contributed by atoms with Gasteiger partial charge in [-0.25, -0.2) is 9.97 Å². The summed E-state index contributed by atoms with van der Waals surface area (Å²) in [5, 5.41) is 10.5. The van der Waals surface area contributed by atoms with E-state index in [0.29, 0.717) is 57.5 Å². The van der Waals surface area contributed by atoms with Crippen LogP contribution in [0.4, 0.5) is 5.69 Å². The molecule has 6 aromatic rings. The van der Waals surface area contributed by atoms with Crippen molar-refractivity contribution in [3.05, 3.63) is 61.1 Å². The Morgan fingerprint density at radius 2 is 1.78 bits per heavy atom. The van der Waals surface area contributed by atoms with Gasteiger partial charge in [-0.05, 0) is 47.9 Å². The number of H-pyrrole nitrogens is 2. The fourth-order valence-electron chi connectivity index (χ4n) is 4.86. The van der Waals surface area contributed by atoms with E-state index in [9.17, 15) is 4.79 Å². The zero-order chi connectivity index (χ0) is 28.1. The van der Waals surface area contributed by atoms with Gasteiger partial charge in [-0.1, -0.05) is 20.8 Å². The van der Waals surface area contributed by atoms with Gasteiger partial charge in [-0.2, -0.15) is 5.10 Å². The highest BCUT2D eigenvalue weighted by molar-refractivity contribution is 5.95. The van der Waals surface area contributed by atoms with E-state index in [0.717, 1.165) is 22.2 Å². The third-order valence-corrected chi connectivity index (χ3v) is 6.69. The first-order valence-electron chi connectivity index (χ1n) is 13.2. The summed E-state index contributed by atoms with van der Waals surface area (Å²) < 4.78 is 11.0. The number of rotatable bonds is 5. The van der Waals surface area contributed by atoms with E-state index >= 15 is 0 Å². The van der Waals surface area contributed by atoms with Crippen molar-refractivity contribution in [3.63, 3.8) is 0 Å². The molecule has 11 heteroatoms. The Hall–Kier alpha value is -5.32. The first kappa shape index (κ1) is 24.7. The van der Waals surface area contributed by atoms with E-state index in [1.807, 2.05) is 63.2 Å². The van der Waals surface area contributed by atoms with Crippen molar-refractivity contribution in [2.24, 2.45) is 5.41 Å². The molecule has 1 aromatic carbocycles. The summed E-state index contributed by atoms with van der Waals surface area (Å²) in [5.74, 6) is 1.89. The number of benzene rings is 1. The molecule has 0 fully saturated rings. The molecule has 11 nitrogen and oxygen atoms in total. The summed E-state index contributed by atoms with van der Waals surface area (Å²) in [6.07, 6.45) is 5.50. The van der Waals surface area contributed by atoms with Gasteiger partial charge in [0.2, 0.25) is 12.7 Å². The molecule has 1 aliphatic rings. The lowest BCUT2D eigenvalue weighted by molar-refractivity contribution is -0.117. The number of fused-ring (bicyclic) bond motifs is 3. The molecule has 0 atom stereocenters. The average molecular weight is 547 g/mol. The summed E-state index contributed by atoms with van der Waals surface area (Å²) in [7, 11) is 0. The van der Waals surface area contributed by atoms with Crippen LogP contribution >= 0.6 is 0 Å². The number of ether oxygens (including phenoxy) is 2. The number of carbonyl (C=O) groups excluding carboxylic acids is 1. The molecule has 3 N–H and O–H groups in total. The molecule has 0 spiro atoms. The van der Waals surface area contributed by atoms with E-state index in [1.54, 1.807) is 18.6 Å². The van der Waals surface area contributed by atoms with Gasteiger partial charge < -0.3 is 19.8 Å². The van der Waals surface area contributed by atoms with Gasteiger partial charge in [0.25, 0.3) is 0 Å². The number of hydrogen-bond donors (Lipinski definition) is 3. The number of hydrogen-bond acceptors (Lipinski definition) is 8. The number of nitrogens with one attached hydrogen (secondary N) is 3. The van der Waals surface area contributed by atoms with E-state index in [2.05, 4.69) is 30.5 Å². The summed E-state index contributed by atoms with van der Waals surface area (Å²) in [4.78, 5) is 34.5. The Morgan fingerprint density at radius 1 is 0.927 bits per heavy atom. The van der Waals surface area contributed by atoms with Crippen molar-refractivity contribution in [1.82, 2.24) is 35.1 Å². The molecular formula is C30H26N8O3. The highest BCUT2D eigenvalue weighted by Gasteiger charge is 2.20. The molecule has 0 saturated carbocycles. The van der Waals surface area contributed by atoms with Crippen molar-refractivity contribution in [2.45, 2.75) is 27.2 Å². The number of carbonyl (C=O) groups is 1. The number of amides is 1. The van der Waals surface area contributed by atoms with Gasteiger partial charge >= 0.3 is 0 Å². The second-order valence-electron chi connectivity index (χ2n) is 11.1. The van der Waals surface area contributed by atoms with E-state index < -0.39 is 0 Å². The van der Waals surface area contributed by atoms with Crippen LogP contribution in [0.5, 0.6) is 11.5 Å². The minimum Gasteiger partial charge on any atom is -0.454 e. The lowest BCUT2D eigenvalue weighted by Crippen LogP contribution is -2.19. The molecule has 41 heavy (non-hydrogen) atoms. The predicted molar refractivity (Wildman–Crippen MR) is 154 cm³/mol. The summed E-state index contributed by atoms with van der Waals surface area (Å²) in [6.45, 7) is 6.29. The molecule has 1 amide bonds. The lowest BCUT2D eigenvalue weighted by Gasteiger charge is -2.17. The molecule has 7 rings (SSSR count). The van der Waals surface area contributed by atoms with Crippen molar-refractivity contribution >= 4 is 33.7 Å². The minimum atomic E-state index is -0.114. The first-order chi connectivity index (χ1) is 19.8. The SMILES string of the molecule is CC(C)(C)CC(=O)Nc1cncc(-c2ccc3[nH]nc(-c4nc5c(-c6ccc7c(c6)OCO7)nccc5[nH]4)c3n2)c1. The number of aromatic nitrogens is 7. The van der Waals surface area contributed by atoms with E-state index in [-0.39, 0.29) is 18.1 Å². The molecule has 1 aliphatic heterocycles. The Morgan fingerprint density at radius 3 is 2.66 bits per heavy atom. The third-order valence-electron chi connectivity index (χ3n) is 6.69. The Labute approximate surface area is 234 Å². The summed E-state index contributed by atoms with van der Waals surface area (Å²) in [6, 6.07) is 13.3. The van der Waals surface area contributed by atoms with Gasteiger partial charge in [0.05, 0.1) is 34.3 Å². The molecule has 0 aliphatic carbocycles. The largest absolute Gasteiger partial charge is 0.454 e. The summed E-state index contributed by atoms with van der Waals surface area (Å²) >= 11 is 0. The molecular weight excluding hydrogens is 520 g/mol. The maximum atomic E-state index is 12.5. The fourth-order valence-corrected chi connectivity index (χ4v) is 4.86. The van der Waals surface area contributed by atoms with Crippen molar-refractivity contribution in [3.8, 4) is 45.5 Å². The standard InChI is InChI=1S/C30H26N8O3/c1-30(2,3)12-24(39)33-18-10-17(13-31-14-18)19-5-6-21-27(34-19)28(38-37-21)29-35-20-8-9-32-25(26(20)36-29)16-4-7-22-23(11-16)41-15-40-22/h4-11,13-14H,12,15H2,1-3H3,(H,33,39)(H,35,36)(H,37,38). The predicted octanol–water partition coefficient (Wildman–Crippen LogP) is 5.73. The van der Waals surface area contributed by atoms with Gasteiger partial charge in [0.1, 0.15) is 11.0 Å². The van der Waals surface area contributed by atoms with Crippen LogP contribution in [0.2, 0.25) is 0 Å². The Bertz CT molecular complexity index is 1950. The Kier molecular flexibility index (Phi) is 5.67. The van der Waals surface area contributed by atoms with Gasteiger partial charge in [0.15, 0.2) is 23.0 Å². The fraction of sp³-hybridized carbons (Fsp3) is 0.200. The van der Waals surface area contributed by atoms with Crippen LogP contribution in [0.15, 0.2) is 61.1 Å². The number of nitrogens with zero attached hydrogens (tertiary/aromatic N) is 5. The average Bonchev–Trinajstić information content (AvgIpc) is 3.68. The van der Waals surface area contributed by atoms with Crippen LogP contribution in [-0.4, -0.2) is 47.8 Å². The molecule has 0 bridgehead atoms. The highest BCUT2D eigenvalue weighted by Crippen LogP contribution is 2.37. The van der Waals surface area contributed by atoms with Gasteiger partial charge in [0, 0.05) is 29.9 Å². The number of pyridine rings is 3. The second-order valence-corrected chi connectivity index (χ2v) is 11.1. The maximum Gasteiger partial charge on any atom is 0.231 e. The smallest absolute Gasteiger partial charge is 0.231 e. The quantitative estimate of drug-likeness (QED) is 0.249. The Balaban J connectivity index is 1.24. The van der Waals surface area contributed by atoms with Crippen LogP contribution in [0.25, 0.3) is 56.1 Å². The highest BCUT2D eigenvalue weighted by atomic mass is 16.7. The van der Waals surface area contributed by atoms with Crippen LogP contribution in [0, 0.1) is 5.41 Å². The molecule has 0 radical (unpaired) electrons. The molecule has 5 aromatic heterocycles. The number of aromatic amines is 2. The second kappa shape index (κ2) is 9.40. The lowest BCUT2D eigenvalue weighted by atomic mass is 9.92. The first-order valence-corrected chi connectivity index (χ1v) is 13.2. The van der Waals surface area contributed by atoms with Gasteiger partial charge in [-0.3, -0.25) is 19.9 Å². The number of anilines is 1. The van der Waals surface area contributed by atoms with Crippen molar-refractivity contribution in [2.75, 3.05) is 12.1 Å². The van der Waals surface area contributed by atoms with Crippen LogP contribution < -0.4 is 14.8 Å². The van der Waals surface area contributed by atoms with Crippen LogP contribution in [0.3, 0.4) is 0 Å². The number of imidazole rings is 1.